The molecule has 0 saturated heterocycles. The van der Waals surface area contributed by atoms with E-state index in [1.165, 1.54) is 41.0 Å². The highest BCUT2D eigenvalue weighted by Crippen LogP contribution is 2.23. The third kappa shape index (κ3) is 5.03. The van der Waals surface area contributed by atoms with E-state index in [1.807, 2.05) is 0 Å². The number of aryl methyl sites for hydroxylation is 2. The Morgan fingerprint density at radius 2 is 2.00 bits per heavy atom. The van der Waals surface area contributed by atoms with Gasteiger partial charge in [0, 0.05) is 11.8 Å². The van der Waals surface area contributed by atoms with Crippen LogP contribution in [0, 0.1) is 13.8 Å². The Morgan fingerprint density at radius 1 is 1.22 bits per heavy atom. The largest absolute Gasteiger partial charge is 0.310 e. The molecule has 0 bridgehead atoms. The van der Waals surface area contributed by atoms with Crippen LogP contribution in [0.5, 0.6) is 0 Å². The maximum Gasteiger partial charge on any atom is 0.0414 e. The molecule has 18 heavy (non-hydrogen) atoms. The Kier molecular flexibility index (Phi) is 7.45. The minimum absolute atomic E-state index is 0.497. The van der Waals surface area contributed by atoms with E-state index in [0.29, 0.717) is 6.04 Å². The van der Waals surface area contributed by atoms with Gasteiger partial charge in [-0.15, -0.1) is 0 Å². The van der Waals surface area contributed by atoms with Crippen molar-refractivity contribution in [3.8, 4) is 0 Å². The fraction of sp³-hybridized carbons (Fsp3) is 0.625. The van der Waals surface area contributed by atoms with Crippen LogP contribution in [0.4, 0.5) is 0 Å². The first-order chi connectivity index (χ1) is 8.69. The first-order valence-electron chi connectivity index (χ1n) is 7.07. The smallest absolute Gasteiger partial charge is 0.0414 e. The molecular formula is C16H27NS. The molecule has 102 valence electrons. The van der Waals surface area contributed by atoms with E-state index in [9.17, 15) is 0 Å². The van der Waals surface area contributed by atoms with Crippen LogP contribution in [0.25, 0.3) is 0 Å². The van der Waals surface area contributed by atoms with Gasteiger partial charge in [0.1, 0.15) is 0 Å². The SMILES string of the molecule is CCCCSCC(NCC)c1cc(C)ccc1C. The van der Waals surface area contributed by atoms with Gasteiger partial charge in [-0.2, -0.15) is 11.8 Å². The van der Waals surface area contributed by atoms with E-state index in [4.69, 9.17) is 0 Å². The van der Waals surface area contributed by atoms with Crippen LogP contribution in [-0.2, 0) is 0 Å². The Labute approximate surface area is 117 Å². The zero-order valence-corrected chi connectivity index (χ0v) is 13.1. The van der Waals surface area contributed by atoms with E-state index in [0.717, 1.165) is 6.54 Å². The van der Waals surface area contributed by atoms with Crippen molar-refractivity contribution in [3.63, 3.8) is 0 Å². The predicted molar refractivity (Wildman–Crippen MR) is 84.6 cm³/mol. The maximum absolute atomic E-state index is 3.62. The van der Waals surface area contributed by atoms with Crippen molar-refractivity contribution in [2.24, 2.45) is 0 Å². The fourth-order valence-electron chi connectivity index (χ4n) is 2.09. The molecule has 1 aromatic carbocycles. The molecule has 0 heterocycles. The normalized spacial score (nSPS) is 12.7. The average Bonchev–Trinajstić information content (AvgIpc) is 2.36. The summed E-state index contributed by atoms with van der Waals surface area (Å²) in [6, 6.07) is 7.28. The van der Waals surface area contributed by atoms with Gasteiger partial charge >= 0.3 is 0 Å². The number of unbranched alkanes of at least 4 members (excludes halogenated alkanes) is 1. The third-order valence-corrected chi connectivity index (χ3v) is 4.33. The van der Waals surface area contributed by atoms with Crippen molar-refractivity contribution in [3.05, 3.63) is 34.9 Å². The highest BCUT2D eigenvalue weighted by Gasteiger charge is 2.12. The van der Waals surface area contributed by atoms with Gasteiger partial charge in [0.15, 0.2) is 0 Å². The van der Waals surface area contributed by atoms with Crippen LogP contribution < -0.4 is 5.32 Å². The summed E-state index contributed by atoms with van der Waals surface area (Å²) in [4.78, 5) is 0. The third-order valence-electron chi connectivity index (χ3n) is 3.19. The zero-order chi connectivity index (χ0) is 13.4. The number of hydrogen-bond acceptors (Lipinski definition) is 2. The molecule has 1 rings (SSSR count). The second-order valence-electron chi connectivity index (χ2n) is 4.90. The van der Waals surface area contributed by atoms with Crippen LogP contribution >= 0.6 is 11.8 Å². The minimum atomic E-state index is 0.497. The highest BCUT2D eigenvalue weighted by molar-refractivity contribution is 7.99. The van der Waals surface area contributed by atoms with E-state index < -0.39 is 0 Å². The van der Waals surface area contributed by atoms with E-state index in [1.54, 1.807) is 0 Å². The number of thioether (sulfide) groups is 1. The molecule has 1 unspecified atom stereocenters. The Hall–Kier alpha value is -0.470. The number of rotatable bonds is 8. The van der Waals surface area contributed by atoms with Crippen LogP contribution in [0.2, 0.25) is 0 Å². The van der Waals surface area contributed by atoms with Gasteiger partial charge < -0.3 is 5.32 Å². The predicted octanol–water partition coefficient (Wildman–Crippen LogP) is 4.49. The molecule has 1 aromatic rings. The molecule has 2 heteroatoms. The van der Waals surface area contributed by atoms with Crippen molar-refractivity contribution in [1.29, 1.82) is 0 Å². The lowest BCUT2D eigenvalue weighted by Crippen LogP contribution is -2.24. The monoisotopic (exact) mass is 265 g/mol. The van der Waals surface area contributed by atoms with Crippen LogP contribution in [0.3, 0.4) is 0 Å². The summed E-state index contributed by atoms with van der Waals surface area (Å²) >= 11 is 2.07. The molecular weight excluding hydrogens is 238 g/mol. The maximum atomic E-state index is 3.62. The number of benzene rings is 1. The summed E-state index contributed by atoms with van der Waals surface area (Å²) in [5, 5.41) is 3.62. The van der Waals surface area contributed by atoms with Crippen LogP contribution in [0.15, 0.2) is 18.2 Å². The molecule has 0 amide bonds. The van der Waals surface area contributed by atoms with E-state index in [-0.39, 0.29) is 0 Å². The summed E-state index contributed by atoms with van der Waals surface area (Å²) in [5.41, 5.74) is 4.24. The molecule has 0 radical (unpaired) electrons. The van der Waals surface area contributed by atoms with Gasteiger partial charge in [-0.1, -0.05) is 44.0 Å². The van der Waals surface area contributed by atoms with Crippen molar-refractivity contribution < 1.29 is 0 Å². The summed E-state index contributed by atoms with van der Waals surface area (Å²) in [7, 11) is 0. The summed E-state index contributed by atoms with van der Waals surface area (Å²) in [6.45, 7) is 9.88. The first kappa shape index (κ1) is 15.6. The van der Waals surface area contributed by atoms with Gasteiger partial charge in [-0.25, -0.2) is 0 Å². The average molecular weight is 265 g/mol. The standard InChI is InChI=1S/C16H27NS/c1-5-7-10-18-12-16(17-6-2)15-11-13(3)8-9-14(15)4/h8-9,11,16-17H,5-7,10,12H2,1-4H3. The molecule has 0 spiro atoms. The fourth-order valence-corrected chi connectivity index (χ4v) is 3.28. The summed E-state index contributed by atoms with van der Waals surface area (Å²) in [5.74, 6) is 2.46. The summed E-state index contributed by atoms with van der Waals surface area (Å²) in [6.07, 6.45) is 2.62. The molecule has 0 aromatic heterocycles. The summed E-state index contributed by atoms with van der Waals surface area (Å²) < 4.78 is 0. The van der Waals surface area contributed by atoms with Gasteiger partial charge in [-0.3, -0.25) is 0 Å². The van der Waals surface area contributed by atoms with Crippen LogP contribution in [-0.4, -0.2) is 18.1 Å². The Morgan fingerprint density at radius 3 is 2.67 bits per heavy atom. The van der Waals surface area contributed by atoms with Crippen molar-refractivity contribution >= 4 is 11.8 Å². The molecule has 0 fully saturated rings. The van der Waals surface area contributed by atoms with Crippen molar-refractivity contribution in [2.45, 2.75) is 46.6 Å². The highest BCUT2D eigenvalue weighted by atomic mass is 32.2. The Bertz CT molecular complexity index is 349. The van der Waals surface area contributed by atoms with E-state index >= 15 is 0 Å². The quantitative estimate of drug-likeness (QED) is 0.695. The second kappa shape index (κ2) is 8.60. The number of nitrogens with one attached hydrogen (secondary N) is 1. The molecule has 0 aliphatic carbocycles. The number of hydrogen-bond donors (Lipinski definition) is 1. The molecule has 0 saturated carbocycles. The Balaban J connectivity index is 2.67. The minimum Gasteiger partial charge on any atom is -0.310 e. The lowest BCUT2D eigenvalue weighted by Gasteiger charge is -2.20. The molecule has 0 aliphatic rings. The van der Waals surface area contributed by atoms with Crippen LogP contribution in [0.1, 0.15) is 49.4 Å². The van der Waals surface area contributed by atoms with Crippen molar-refractivity contribution in [1.82, 2.24) is 5.32 Å². The topological polar surface area (TPSA) is 12.0 Å². The van der Waals surface area contributed by atoms with Gasteiger partial charge in [-0.05, 0) is 43.7 Å². The lowest BCUT2D eigenvalue weighted by molar-refractivity contribution is 0.602. The van der Waals surface area contributed by atoms with E-state index in [2.05, 4.69) is 63.0 Å². The van der Waals surface area contributed by atoms with Gasteiger partial charge in [0.2, 0.25) is 0 Å². The van der Waals surface area contributed by atoms with Crippen molar-refractivity contribution in [2.75, 3.05) is 18.1 Å². The molecule has 0 aliphatic heterocycles. The molecule has 1 atom stereocenters. The second-order valence-corrected chi connectivity index (χ2v) is 6.05. The first-order valence-corrected chi connectivity index (χ1v) is 8.22. The van der Waals surface area contributed by atoms with Gasteiger partial charge in [0.25, 0.3) is 0 Å². The molecule has 1 N–H and O–H groups in total. The zero-order valence-electron chi connectivity index (χ0n) is 12.3. The lowest BCUT2D eigenvalue weighted by atomic mass is 10.00. The van der Waals surface area contributed by atoms with Gasteiger partial charge in [0.05, 0.1) is 0 Å². The molecule has 1 nitrogen and oxygen atoms in total.